The lowest BCUT2D eigenvalue weighted by Crippen LogP contribution is -2.55. The summed E-state index contributed by atoms with van der Waals surface area (Å²) in [5.74, 6) is 1.19. The maximum atomic E-state index is 14.1. The summed E-state index contributed by atoms with van der Waals surface area (Å²) in [5.41, 5.74) is 1.33. The van der Waals surface area contributed by atoms with Gasteiger partial charge in [-0.25, -0.2) is 4.79 Å². The molecule has 0 radical (unpaired) electrons. The molecule has 0 aromatic heterocycles. The van der Waals surface area contributed by atoms with Crippen molar-refractivity contribution in [3.8, 4) is 23.0 Å². The fraction of sp³-hybridized carbons (Fsp3) is 0.483. The lowest BCUT2D eigenvalue weighted by molar-refractivity contribution is -0.140. The Labute approximate surface area is 234 Å². The molecule has 2 saturated heterocycles. The zero-order chi connectivity index (χ0) is 28.8. The SMILES string of the molecule is CCOC(=O)N1CCN(C(=O)[C@@H]2CCC(=O)N(c3cc(OC)c(OC)c(OC)c3)[C@@H]2c2ccc(OC)cc2)CC1. The number of benzene rings is 2. The topological polar surface area (TPSA) is 107 Å². The second-order valence-electron chi connectivity index (χ2n) is 9.52. The summed E-state index contributed by atoms with van der Waals surface area (Å²) >= 11 is 0. The maximum absolute atomic E-state index is 14.1. The van der Waals surface area contributed by atoms with Crippen molar-refractivity contribution in [2.75, 3.05) is 66.1 Å². The van der Waals surface area contributed by atoms with E-state index in [1.165, 1.54) is 21.3 Å². The first-order chi connectivity index (χ1) is 19.4. The van der Waals surface area contributed by atoms with Crippen LogP contribution in [0.3, 0.4) is 0 Å². The molecule has 2 aliphatic heterocycles. The van der Waals surface area contributed by atoms with Crippen LogP contribution in [0.2, 0.25) is 0 Å². The fourth-order valence-electron chi connectivity index (χ4n) is 5.40. The summed E-state index contributed by atoms with van der Waals surface area (Å²) < 4.78 is 27.1. The standard InChI is InChI=1S/C29H37N3O8/c1-6-40-29(35)31-15-13-30(14-16-31)28(34)22-11-12-25(33)32(26(22)19-7-9-21(36-2)10-8-19)20-17-23(37-3)27(39-5)24(18-20)38-4/h7-10,17-18,22,26H,6,11-16H2,1-5H3/t22-,26-/m1/s1. The highest BCUT2D eigenvalue weighted by Gasteiger charge is 2.44. The fourth-order valence-corrected chi connectivity index (χ4v) is 5.40. The zero-order valence-corrected chi connectivity index (χ0v) is 23.7. The number of rotatable bonds is 8. The van der Waals surface area contributed by atoms with Crippen LogP contribution in [0.1, 0.15) is 31.4 Å². The molecule has 2 aromatic carbocycles. The van der Waals surface area contributed by atoms with Crippen molar-refractivity contribution < 1.29 is 38.1 Å². The number of piperazine rings is 1. The molecule has 0 aliphatic carbocycles. The molecule has 2 fully saturated rings. The van der Waals surface area contributed by atoms with Gasteiger partial charge in [0.2, 0.25) is 17.6 Å². The molecule has 11 heteroatoms. The van der Waals surface area contributed by atoms with E-state index in [-0.39, 0.29) is 24.3 Å². The summed E-state index contributed by atoms with van der Waals surface area (Å²) in [7, 11) is 6.14. The maximum Gasteiger partial charge on any atom is 0.409 e. The minimum absolute atomic E-state index is 0.0609. The van der Waals surface area contributed by atoms with E-state index in [1.54, 1.807) is 40.9 Å². The Morgan fingerprint density at radius 2 is 1.45 bits per heavy atom. The Morgan fingerprint density at radius 3 is 1.98 bits per heavy atom. The van der Waals surface area contributed by atoms with E-state index in [9.17, 15) is 14.4 Å². The number of anilines is 1. The van der Waals surface area contributed by atoms with Crippen molar-refractivity contribution in [1.29, 1.82) is 0 Å². The van der Waals surface area contributed by atoms with E-state index in [0.29, 0.717) is 67.9 Å². The molecule has 11 nitrogen and oxygen atoms in total. The molecule has 0 N–H and O–H groups in total. The molecule has 216 valence electrons. The largest absolute Gasteiger partial charge is 0.497 e. The van der Waals surface area contributed by atoms with Crippen molar-refractivity contribution in [1.82, 2.24) is 9.80 Å². The summed E-state index contributed by atoms with van der Waals surface area (Å²) in [4.78, 5) is 44.9. The highest BCUT2D eigenvalue weighted by molar-refractivity contribution is 5.98. The Bertz CT molecular complexity index is 1190. The molecule has 0 spiro atoms. The third-order valence-electron chi connectivity index (χ3n) is 7.42. The summed E-state index contributed by atoms with van der Waals surface area (Å²) in [6, 6.07) is 10.3. The van der Waals surface area contributed by atoms with Gasteiger partial charge in [-0.1, -0.05) is 12.1 Å². The third kappa shape index (κ3) is 5.73. The van der Waals surface area contributed by atoms with E-state index in [1.807, 2.05) is 24.3 Å². The molecule has 2 aromatic rings. The van der Waals surface area contributed by atoms with Crippen LogP contribution in [0, 0.1) is 5.92 Å². The molecular formula is C29H37N3O8. The van der Waals surface area contributed by atoms with Crippen LogP contribution in [0.4, 0.5) is 10.5 Å². The highest BCUT2D eigenvalue weighted by Crippen LogP contribution is 2.46. The van der Waals surface area contributed by atoms with Gasteiger partial charge in [0.25, 0.3) is 0 Å². The van der Waals surface area contributed by atoms with Gasteiger partial charge in [-0.05, 0) is 31.0 Å². The summed E-state index contributed by atoms with van der Waals surface area (Å²) in [6.45, 7) is 3.62. The number of ether oxygens (including phenoxy) is 5. The minimum Gasteiger partial charge on any atom is -0.497 e. The van der Waals surface area contributed by atoms with Crippen LogP contribution in [0.5, 0.6) is 23.0 Å². The average molecular weight is 556 g/mol. The minimum atomic E-state index is -0.592. The molecule has 2 aliphatic rings. The van der Waals surface area contributed by atoms with Crippen molar-refractivity contribution in [3.63, 3.8) is 0 Å². The van der Waals surface area contributed by atoms with Gasteiger partial charge < -0.3 is 38.4 Å². The Morgan fingerprint density at radius 1 is 0.850 bits per heavy atom. The number of carbonyl (C=O) groups is 3. The van der Waals surface area contributed by atoms with Crippen molar-refractivity contribution in [3.05, 3.63) is 42.0 Å². The van der Waals surface area contributed by atoms with Gasteiger partial charge in [-0.15, -0.1) is 0 Å². The number of nitrogens with zero attached hydrogens (tertiary/aromatic N) is 3. The molecular weight excluding hydrogens is 518 g/mol. The van der Waals surface area contributed by atoms with Crippen LogP contribution in [-0.2, 0) is 14.3 Å². The highest BCUT2D eigenvalue weighted by atomic mass is 16.6. The zero-order valence-electron chi connectivity index (χ0n) is 23.7. The second kappa shape index (κ2) is 12.8. The molecule has 40 heavy (non-hydrogen) atoms. The van der Waals surface area contributed by atoms with Gasteiger partial charge in [0.15, 0.2) is 11.5 Å². The first-order valence-corrected chi connectivity index (χ1v) is 13.3. The lowest BCUT2D eigenvalue weighted by atomic mass is 9.82. The third-order valence-corrected chi connectivity index (χ3v) is 7.42. The van der Waals surface area contributed by atoms with Gasteiger partial charge in [0, 0.05) is 44.7 Å². The van der Waals surface area contributed by atoms with Crippen molar-refractivity contribution in [2.45, 2.75) is 25.8 Å². The quantitative estimate of drug-likeness (QED) is 0.487. The van der Waals surface area contributed by atoms with E-state index >= 15 is 0 Å². The number of hydrogen-bond acceptors (Lipinski definition) is 8. The number of piperidine rings is 1. The van der Waals surface area contributed by atoms with E-state index in [0.717, 1.165) is 5.56 Å². The van der Waals surface area contributed by atoms with Crippen LogP contribution < -0.4 is 23.8 Å². The van der Waals surface area contributed by atoms with Crippen LogP contribution in [-0.4, -0.2) is 88.9 Å². The van der Waals surface area contributed by atoms with E-state index in [2.05, 4.69) is 0 Å². The predicted molar refractivity (Wildman–Crippen MR) is 147 cm³/mol. The number of methoxy groups -OCH3 is 4. The van der Waals surface area contributed by atoms with E-state index in [4.69, 9.17) is 23.7 Å². The number of amides is 3. The van der Waals surface area contributed by atoms with Crippen molar-refractivity contribution in [2.24, 2.45) is 5.92 Å². The molecule has 2 heterocycles. The van der Waals surface area contributed by atoms with Gasteiger partial charge in [-0.3, -0.25) is 9.59 Å². The Kier molecular flexibility index (Phi) is 9.23. The molecule has 4 rings (SSSR count). The number of carbonyl (C=O) groups excluding carboxylic acids is 3. The van der Waals surface area contributed by atoms with Crippen molar-refractivity contribution >= 4 is 23.6 Å². The monoisotopic (exact) mass is 555 g/mol. The van der Waals surface area contributed by atoms with Crippen LogP contribution in [0.25, 0.3) is 0 Å². The summed E-state index contributed by atoms with van der Waals surface area (Å²) in [6.07, 6.45) is 0.221. The average Bonchev–Trinajstić information content (AvgIpc) is 3.00. The second-order valence-corrected chi connectivity index (χ2v) is 9.52. The van der Waals surface area contributed by atoms with Crippen LogP contribution in [0.15, 0.2) is 36.4 Å². The van der Waals surface area contributed by atoms with Gasteiger partial charge in [-0.2, -0.15) is 0 Å². The Hall–Kier alpha value is -4.15. The molecule has 0 unspecified atom stereocenters. The first kappa shape index (κ1) is 28.8. The van der Waals surface area contributed by atoms with Gasteiger partial charge >= 0.3 is 6.09 Å². The normalized spacial score (nSPS) is 19.2. The van der Waals surface area contributed by atoms with Gasteiger partial charge in [0.1, 0.15) is 5.75 Å². The molecule has 2 atom stereocenters. The first-order valence-electron chi connectivity index (χ1n) is 13.3. The number of hydrogen-bond donors (Lipinski definition) is 0. The Balaban J connectivity index is 1.72. The summed E-state index contributed by atoms with van der Waals surface area (Å²) in [5, 5.41) is 0. The lowest BCUT2D eigenvalue weighted by Gasteiger charge is -2.43. The molecule has 3 amide bonds. The van der Waals surface area contributed by atoms with Crippen LogP contribution >= 0.6 is 0 Å². The molecule has 0 bridgehead atoms. The van der Waals surface area contributed by atoms with E-state index < -0.39 is 12.0 Å². The smallest absolute Gasteiger partial charge is 0.409 e. The van der Waals surface area contributed by atoms with Gasteiger partial charge in [0.05, 0.1) is 52.7 Å². The molecule has 0 saturated carbocycles. The predicted octanol–water partition coefficient (Wildman–Crippen LogP) is 3.51.